The number of benzene rings is 1. The highest BCUT2D eigenvalue weighted by Gasteiger charge is 2.01. The number of aliphatic carboxylic acids is 1. The minimum atomic E-state index is -0.739. The maximum absolute atomic E-state index is 10.3. The van der Waals surface area contributed by atoms with Crippen molar-refractivity contribution in [3.05, 3.63) is 34.3 Å². The van der Waals surface area contributed by atoms with E-state index in [-0.39, 0.29) is 6.42 Å². The molecule has 1 N–H and O–H groups in total. The highest BCUT2D eigenvalue weighted by Crippen LogP contribution is 2.16. The van der Waals surface area contributed by atoms with Gasteiger partial charge in [-0.15, -0.1) is 0 Å². The molecule has 0 unspecified atom stereocenters. The number of hydrogen-bond acceptors (Lipinski definition) is 1. The van der Waals surface area contributed by atoms with Gasteiger partial charge < -0.3 is 5.11 Å². The Labute approximate surface area is 88.5 Å². The minimum absolute atomic E-state index is 0.224. The van der Waals surface area contributed by atoms with Crippen LogP contribution in [0.3, 0.4) is 0 Å². The summed E-state index contributed by atoms with van der Waals surface area (Å²) in [5.74, 6) is -0.739. The maximum Gasteiger partial charge on any atom is 0.303 e. The zero-order valence-corrected chi connectivity index (χ0v) is 8.84. The number of carboxylic acids is 1. The van der Waals surface area contributed by atoms with Gasteiger partial charge >= 0.3 is 5.97 Å². The number of carbonyl (C=O) groups is 1. The molecule has 0 saturated heterocycles. The lowest BCUT2D eigenvalue weighted by molar-refractivity contribution is -0.137. The van der Waals surface area contributed by atoms with E-state index in [2.05, 4.69) is 0 Å². The van der Waals surface area contributed by atoms with Crippen molar-refractivity contribution < 1.29 is 9.90 Å². The van der Waals surface area contributed by atoms with Crippen LogP contribution < -0.4 is 0 Å². The van der Waals surface area contributed by atoms with E-state index in [1.54, 1.807) is 0 Å². The smallest absolute Gasteiger partial charge is 0.303 e. The molecule has 14 heavy (non-hydrogen) atoms. The van der Waals surface area contributed by atoms with Crippen LogP contribution in [0.15, 0.2) is 18.2 Å². The number of rotatable bonds is 4. The first kappa shape index (κ1) is 11.1. The summed E-state index contributed by atoms with van der Waals surface area (Å²) in [6.07, 6.45) is 1.70. The molecular weight excluding hydrogens is 200 g/mol. The number of hydrogen-bond donors (Lipinski definition) is 1. The molecule has 0 heterocycles. The third-order valence-corrected chi connectivity index (χ3v) is 2.38. The second-order valence-electron chi connectivity index (χ2n) is 3.32. The summed E-state index contributed by atoms with van der Waals surface area (Å²) in [4.78, 5) is 10.3. The molecule has 0 aliphatic rings. The molecule has 0 spiro atoms. The Morgan fingerprint density at radius 2 is 2.21 bits per heavy atom. The van der Waals surface area contributed by atoms with E-state index in [1.807, 2.05) is 25.1 Å². The largest absolute Gasteiger partial charge is 0.481 e. The quantitative estimate of drug-likeness (QED) is 0.833. The standard InChI is InChI=1S/C11H13ClO2/c1-8-7-10(12)6-5-9(8)3-2-4-11(13)14/h5-7H,2-4H2,1H3,(H,13,14). The lowest BCUT2D eigenvalue weighted by atomic mass is 10.0. The Hall–Kier alpha value is -1.02. The Balaban J connectivity index is 2.55. The molecule has 0 aromatic heterocycles. The number of carboxylic acid groups (broad SMARTS) is 1. The third-order valence-electron chi connectivity index (χ3n) is 2.14. The molecule has 0 aliphatic heterocycles. The number of aryl methyl sites for hydroxylation is 2. The lowest BCUT2D eigenvalue weighted by Crippen LogP contribution is -1.97. The van der Waals surface area contributed by atoms with Crippen LogP contribution in [0.1, 0.15) is 24.0 Å². The van der Waals surface area contributed by atoms with Gasteiger partial charge in [-0.05, 0) is 43.0 Å². The van der Waals surface area contributed by atoms with E-state index in [4.69, 9.17) is 16.7 Å². The predicted molar refractivity (Wildman–Crippen MR) is 56.8 cm³/mol. The van der Waals surface area contributed by atoms with Crippen molar-refractivity contribution in [3.63, 3.8) is 0 Å². The fourth-order valence-corrected chi connectivity index (χ4v) is 1.60. The van der Waals surface area contributed by atoms with Crippen LogP contribution in [-0.2, 0) is 11.2 Å². The normalized spacial score (nSPS) is 10.1. The SMILES string of the molecule is Cc1cc(Cl)ccc1CCCC(=O)O. The average molecular weight is 213 g/mol. The van der Waals surface area contributed by atoms with Crippen molar-refractivity contribution in [1.82, 2.24) is 0 Å². The molecule has 0 atom stereocenters. The Morgan fingerprint density at radius 1 is 1.50 bits per heavy atom. The molecule has 0 amide bonds. The molecule has 3 heteroatoms. The van der Waals surface area contributed by atoms with Gasteiger partial charge in [-0.25, -0.2) is 0 Å². The summed E-state index contributed by atoms with van der Waals surface area (Å²) < 4.78 is 0. The molecule has 0 aliphatic carbocycles. The van der Waals surface area contributed by atoms with Crippen LogP contribution in [0.4, 0.5) is 0 Å². The summed E-state index contributed by atoms with van der Waals surface area (Å²) in [6.45, 7) is 1.99. The van der Waals surface area contributed by atoms with Crippen LogP contribution in [0.2, 0.25) is 5.02 Å². The zero-order chi connectivity index (χ0) is 10.6. The first-order valence-corrected chi connectivity index (χ1v) is 4.94. The summed E-state index contributed by atoms with van der Waals surface area (Å²) in [7, 11) is 0. The van der Waals surface area contributed by atoms with Crippen molar-refractivity contribution in [3.8, 4) is 0 Å². The van der Waals surface area contributed by atoms with Crippen LogP contribution in [-0.4, -0.2) is 11.1 Å². The van der Waals surface area contributed by atoms with E-state index < -0.39 is 5.97 Å². The summed E-state index contributed by atoms with van der Waals surface area (Å²) >= 11 is 5.81. The summed E-state index contributed by atoms with van der Waals surface area (Å²) in [6, 6.07) is 5.70. The molecule has 0 fully saturated rings. The topological polar surface area (TPSA) is 37.3 Å². The lowest BCUT2D eigenvalue weighted by Gasteiger charge is -2.04. The molecule has 0 saturated carbocycles. The third kappa shape index (κ3) is 3.38. The maximum atomic E-state index is 10.3. The molecule has 2 nitrogen and oxygen atoms in total. The fourth-order valence-electron chi connectivity index (χ4n) is 1.37. The molecule has 1 rings (SSSR count). The van der Waals surface area contributed by atoms with E-state index in [9.17, 15) is 4.79 Å². The van der Waals surface area contributed by atoms with Gasteiger partial charge in [0, 0.05) is 11.4 Å². The summed E-state index contributed by atoms with van der Waals surface area (Å²) in [5, 5.41) is 9.21. The van der Waals surface area contributed by atoms with Gasteiger partial charge in [-0.3, -0.25) is 4.79 Å². The molecule has 1 aromatic carbocycles. The van der Waals surface area contributed by atoms with E-state index in [0.717, 1.165) is 17.0 Å². The Morgan fingerprint density at radius 3 is 2.79 bits per heavy atom. The van der Waals surface area contributed by atoms with Gasteiger partial charge in [0.05, 0.1) is 0 Å². The van der Waals surface area contributed by atoms with E-state index in [1.165, 1.54) is 5.56 Å². The van der Waals surface area contributed by atoms with Gasteiger partial charge in [0.1, 0.15) is 0 Å². The van der Waals surface area contributed by atoms with Crippen molar-refractivity contribution in [1.29, 1.82) is 0 Å². The van der Waals surface area contributed by atoms with Gasteiger partial charge in [0.15, 0.2) is 0 Å². The summed E-state index contributed by atoms with van der Waals surface area (Å²) in [5.41, 5.74) is 2.30. The Bertz CT molecular complexity index is 334. The van der Waals surface area contributed by atoms with Gasteiger partial charge in [-0.2, -0.15) is 0 Å². The van der Waals surface area contributed by atoms with E-state index >= 15 is 0 Å². The highest BCUT2D eigenvalue weighted by atomic mass is 35.5. The average Bonchev–Trinajstić information content (AvgIpc) is 2.08. The number of halogens is 1. The fraction of sp³-hybridized carbons (Fsp3) is 0.364. The van der Waals surface area contributed by atoms with Crippen LogP contribution >= 0.6 is 11.6 Å². The Kier molecular flexibility index (Phi) is 3.96. The molecule has 0 radical (unpaired) electrons. The zero-order valence-electron chi connectivity index (χ0n) is 8.09. The van der Waals surface area contributed by atoms with Crippen LogP contribution in [0.5, 0.6) is 0 Å². The van der Waals surface area contributed by atoms with Crippen molar-refractivity contribution in [2.24, 2.45) is 0 Å². The molecule has 76 valence electrons. The first-order valence-electron chi connectivity index (χ1n) is 4.56. The van der Waals surface area contributed by atoms with Crippen molar-refractivity contribution >= 4 is 17.6 Å². The van der Waals surface area contributed by atoms with E-state index in [0.29, 0.717) is 6.42 Å². The highest BCUT2D eigenvalue weighted by molar-refractivity contribution is 6.30. The first-order chi connectivity index (χ1) is 6.59. The van der Waals surface area contributed by atoms with Crippen molar-refractivity contribution in [2.75, 3.05) is 0 Å². The van der Waals surface area contributed by atoms with Gasteiger partial charge in [0.25, 0.3) is 0 Å². The molecule has 1 aromatic rings. The molecular formula is C11H13ClO2. The van der Waals surface area contributed by atoms with Gasteiger partial charge in [0.2, 0.25) is 0 Å². The molecule has 0 bridgehead atoms. The van der Waals surface area contributed by atoms with Crippen molar-refractivity contribution in [2.45, 2.75) is 26.2 Å². The van der Waals surface area contributed by atoms with Crippen LogP contribution in [0.25, 0.3) is 0 Å². The van der Waals surface area contributed by atoms with Crippen LogP contribution in [0, 0.1) is 6.92 Å². The van der Waals surface area contributed by atoms with Gasteiger partial charge in [-0.1, -0.05) is 17.7 Å². The monoisotopic (exact) mass is 212 g/mol. The second kappa shape index (κ2) is 5.01. The second-order valence-corrected chi connectivity index (χ2v) is 3.75. The minimum Gasteiger partial charge on any atom is -0.481 e. The predicted octanol–water partition coefficient (Wildman–Crippen LogP) is 3.06.